The second-order valence-electron chi connectivity index (χ2n) is 9.40. The Labute approximate surface area is 242 Å². The molecule has 0 aromatic heterocycles. The minimum atomic E-state index is 0.0435. The van der Waals surface area contributed by atoms with Gasteiger partial charge in [0.05, 0.1) is 73.0 Å². The predicted octanol–water partition coefficient (Wildman–Crippen LogP) is 3.49. The van der Waals surface area contributed by atoms with Gasteiger partial charge in [0.2, 0.25) is 0 Å². The molecule has 42 heavy (non-hydrogen) atoms. The van der Waals surface area contributed by atoms with Crippen molar-refractivity contribution in [3.63, 3.8) is 0 Å². The third kappa shape index (κ3) is 7.14. The largest absolute Gasteiger partial charge is 0.508 e. The second kappa shape index (κ2) is 13.5. The number of aromatic hydroxyl groups is 2. The number of phenols is 2. The van der Waals surface area contributed by atoms with Crippen LogP contribution in [0.25, 0.3) is 28.1 Å². The molecule has 2 aliphatic rings. The fourth-order valence-electron chi connectivity index (χ4n) is 4.44. The molecule has 3 aromatic carbocycles. The van der Waals surface area contributed by atoms with Gasteiger partial charge in [-0.05, 0) is 72.8 Å². The molecular formula is C31H33N7O4. The van der Waals surface area contributed by atoms with Gasteiger partial charge in [0.1, 0.15) is 11.5 Å². The Morgan fingerprint density at radius 3 is 2.19 bits per heavy atom. The van der Waals surface area contributed by atoms with Crippen LogP contribution in [0.15, 0.2) is 94.9 Å². The lowest BCUT2D eigenvalue weighted by Crippen LogP contribution is -2.23. The van der Waals surface area contributed by atoms with Crippen molar-refractivity contribution in [2.24, 2.45) is 21.5 Å². The van der Waals surface area contributed by atoms with Gasteiger partial charge < -0.3 is 41.0 Å². The van der Waals surface area contributed by atoms with Gasteiger partial charge in [-0.2, -0.15) is 0 Å². The summed E-state index contributed by atoms with van der Waals surface area (Å²) in [6.07, 6.45) is 0. The summed E-state index contributed by atoms with van der Waals surface area (Å²) in [7, 11) is 0. The number of hydrogen-bond acceptors (Lipinski definition) is 8. The molecule has 0 spiro atoms. The van der Waals surface area contributed by atoms with Gasteiger partial charge in [-0.25, -0.2) is 4.98 Å². The number of benzene rings is 4. The highest BCUT2D eigenvalue weighted by atomic mass is 16.5. The summed E-state index contributed by atoms with van der Waals surface area (Å²) in [6, 6.07) is 25.8. The van der Waals surface area contributed by atoms with E-state index in [0.717, 1.165) is 44.8 Å². The summed E-state index contributed by atoms with van der Waals surface area (Å²) < 4.78 is 13.3. The topological polar surface area (TPSA) is 166 Å². The Morgan fingerprint density at radius 2 is 1.48 bits per heavy atom. The standard InChI is InChI=1S/C31H33N7O4/c32-31(33)35-14-16-42-18-17-41-15-13-34-26-20-30-28(19-27(26)36-21-5-9-23(39)10-6-21)37-25-3-1-2-4-29(25)38(30)22-7-11-24(40)12-8-22/h1-12,19-20,36,39-40H,13-18H2,(H4,32,33,35). The van der Waals surface area contributed by atoms with E-state index in [1.165, 1.54) is 0 Å². The molecule has 1 aliphatic carbocycles. The van der Waals surface area contributed by atoms with E-state index in [4.69, 9.17) is 30.9 Å². The third-order valence-electron chi connectivity index (χ3n) is 6.37. The van der Waals surface area contributed by atoms with Crippen molar-refractivity contribution in [1.29, 1.82) is 0 Å². The molecule has 0 unspecified atom stereocenters. The molecule has 7 N–H and O–H groups in total. The molecule has 0 fully saturated rings. The number of phenolic OH excluding ortho intramolecular Hbond substituents is 2. The molecule has 11 nitrogen and oxygen atoms in total. The van der Waals surface area contributed by atoms with Crippen molar-refractivity contribution < 1.29 is 19.7 Å². The van der Waals surface area contributed by atoms with Crippen LogP contribution in [-0.4, -0.2) is 65.2 Å². The van der Waals surface area contributed by atoms with Gasteiger partial charge >= 0.3 is 0 Å². The van der Waals surface area contributed by atoms with Crippen LogP contribution in [0.5, 0.6) is 11.5 Å². The van der Waals surface area contributed by atoms with Crippen molar-refractivity contribution >= 4 is 28.4 Å². The smallest absolute Gasteiger partial charge is 0.185 e. The zero-order valence-corrected chi connectivity index (χ0v) is 23.0. The minimum absolute atomic E-state index is 0.0435. The van der Waals surface area contributed by atoms with Crippen LogP contribution >= 0.6 is 0 Å². The fourth-order valence-corrected chi connectivity index (χ4v) is 4.44. The van der Waals surface area contributed by atoms with Crippen molar-refractivity contribution in [3.05, 3.63) is 90.3 Å². The van der Waals surface area contributed by atoms with Gasteiger partial charge in [0.25, 0.3) is 0 Å². The van der Waals surface area contributed by atoms with E-state index in [9.17, 15) is 10.2 Å². The van der Waals surface area contributed by atoms with Gasteiger partial charge in [-0.1, -0.05) is 12.1 Å². The first-order chi connectivity index (χ1) is 20.5. The average molecular weight is 568 g/mol. The van der Waals surface area contributed by atoms with Crippen LogP contribution in [0.1, 0.15) is 0 Å². The summed E-state index contributed by atoms with van der Waals surface area (Å²) in [5.74, 6) is 0.420. The number of fused-ring (bicyclic) bond motifs is 2. The van der Waals surface area contributed by atoms with Crippen LogP contribution in [0.4, 0.5) is 11.4 Å². The third-order valence-corrected chi connectivity index (χ3v) is 6.37. The molecule has 1 heterocycles. The van der Waals surface area contributed by atoms with E-state index >= 15 is 0 Å². The molecule has 0 amide bonds. The van der Waals surface area contributed by atoms with E-state index in [0.29, 0.717) is 39.5 Å². The Bertz CT molecular complexity index is 1700. The minimum Gasteiger partial charge on any atom is -0.508 e. The highest BCUT2D eigenvalue weighted by Gasteiger charge is 2.16. The highest BCUT2D eigenvalue weighted by Crippen LogP contribution is 2.31. The maximum atomic E-state index is 9.91. The van der Waals surface area contributed by atoms with E-state index in [1.54, 1.807) is 36.4 Å². The lowest BCUT2D eigenvalue weighted by molar-refractivity contribution is 0.0539. The molecule has 1 aliphatic heterocycles. The lowest BCUT2D eigenvalue weighted by atomic mass is 10.1. The number of hydrogen-bond donors (Lipinski definition) is 5. The molecule has 216 valence electrons. The Hall–Kier alpha value is -5.13. The first kappa shape index (κ1) is 28.4. The summed E-state index contributed by atoms with van der Waals surface area (Å²) >= 11 is 0. The number of guanidine groups is 1. The van der Waals surface area contributed by atoms with Crippen LogP contribution in [0.2, 0.25) is 0 Å². The molecule has 0 bridgehead atoms. The van der Waals surface area contributed by atoms with Crippen LogP contribution < -0.4 is 22.1 Å². The van der Waals surface area contributed by atoms with Gasteiger partial charge in [-0.15, -0.1) is 0 Å². The predicted molar refractivity (Wildman–Crippen MR) is 163 cm³/mol. The normalized spacial score (nSPS) is 11.7. The number of rotatable bonds is 12. The van der Waals surface area contributed by atoms with E-state index < -0.39 is 0 Å². The monoisotopic (exact) mass is 567 g/mol. The first-order valence-electron chi connectivity index (χ1n) is 13.5. The lowest BCUT2D eigenvalue weighted by Gasteiger charge is -2.20. The summed E-state index contributed by atoms with van der Waals surface area (Å²) in [5.41, 5.74) is 16.4. The van der Waals surface area contributed by atoms with Crippen molar-refractivity contribution in [3.8, 4) is 28.6 Å². The maximum Gasteiger partial charge on any atom is 0.185 e. The summed E-state index contributed by atoms with van der Waals surface area (Å²) in [5, 5.41) is 23.8. The quantitative estimate of drug-likeness (QED) is 0.0502. The molecule has 0 radical (unpaired) electrons. The number of anilines is 2. The van der Waals surface area contributed by atoms with E-state index in [2.05, 4.69) is 14.9 Å². The van der Waals surface area contributed by atoms with Crippen LogP contribution in [0, 0.1) is 0 Å². The summed E-state index contributed by atoms with van der Waals surface area (Å²) in [6.45, 7) is 2.49. The molecule has 3 aromatic rings. The van der Waals surface area contributed by atoms with E-state index in [-0.39, 0.29) is 17.5 Å². The van der Waals surface area contributed by atoms with Crippen molar-refractivity contribution in [2.45, 2.75) is 0 Å². The zero-order chi connectivity index (χ0) is 29.3. The van der Waals surface area contributed by atoms with Gasteiger partial charge in [0.15, 0.2) is 5.96 Å². The van der Waals surface area contributed by atoms with Crippen LogP contribution in [0.3, 0.4) is 0 Å². The molecule has 0 saturated heterocycles. The molecular weight excluding hydrogens is 534 g/mol. The number of aromatic nitrogens is 2. The molecule has 11 heteroatoms. The molecule has 5 rings (SSSR count). The number of nitrogens with two attached hydrogens (primary N) is 2. The number of nitrogens with one attached hydrogen (secondary N) is 1. The highest BCUT2D eigenvalue weighted by molar-refractivity contribution is 5.84. The van der Waals surface area contributed by atoms with Crippen molar-refractivity contribution in [1.82, 2.24) is 9.55 Å². The van der Waals surface area contributed by atoms with Gasteiger partial charge in [-0.3, -0.25) is 9.98 Å². The Morgan fingerprint density at radius 1 is 0.810 bits per heavy atom. The molecule has 0 saturated carbocycles. The number of nitrogens with zero attached hydrogens (tertiary/aromatic N) is 4. The zero-order valence-electron chi connectivity index (χ0n) is 23.0. The van der Waals surface area contributed by atoms with Gasteiger partial charge in [0, 0.05) is 11.4 Å². The number of aliphatic imine (C=N–C) groups is 1. The average Bonchev–Trinajstić information content (AvgIpc) is 2.98. The SMILES string of the molecule is NC(N)=NCCOCCOCCN=c1cc2n(-c3ccc(O)cc3)c3ccccc3nc-2cc1Nc1ccc(O)cc1. The van der Waals surface area contributed by atoms with Crippen LogP contribution in [-0.2, 0) is 9.47 Å². The Balaban J connectivity index is 1.46. The second-order valence-corrected chi connectivity index (χ2v) is 9.40. The first-order valence-corrected chi connectivity index (χ1v) is 13.5. The fraction of sp³-hybridized carbons (Fsp3) is 0.194. The van der Waals surface area contributed by atoms with E-state index in [1.807, 2.05) is 48.5 Å². The number of ether oxygens (including phenoxy) is 2. The number of para-hydroxylation sites is 2. The maximum absolute atomic E-state index is 9.91. The summed E-state index contributed by atoms with van der Waals surface area (Å²) in [4.78, 5) is 13.7. The Kier molecular flexibility index (Phi) is 9.12. The molecule has 0 atom stereocenters. The van der Waals surface area contributed by atoms with Crippen molar-refractivity contribution in [2.75, 3.05) is 44.8 Å².